The first kappa shape index (κ1) is 18.1. The van der Waals surface area contributed by atoms with Gasteiger partial charge in [-0.2, -0.15) is 17.9 Å². The van der Waals surface area contributed by atoms with Gasteiger partial charge in [-0.1, -0.05) is 18.2 Å². The number of hydrogen-bond acceptors (Lipinski definition) is 7. The van der Waals surface area contributed by atoms with Crippen LogP contribution in [0.25, 0.3) is 0 Å². The van der Waals surface area contributed by atoms with Crippen molar-refractivity contribution < 1.29 is 28.4 Å². The van der Waals surface area contributed by atoms with Crippen molar-refractivity contribution in [1.82, 2.24) is 4.98 Å². The largest absolute Gasteiger partial charge is 0.595 e. The molecule has 1 aromatic heterocycles. The molecule has 142 valence electrons. The molecule has 2 heterocycles. The highest BCUT2D eigenvalue weighted by molar-refractivity contribution is 7.94. The normalized spacial score (nSPS) is 15.9. The smallest absolute Gasteiger partial charge is 0.289 e. The van der Waals surface area contributed by atoms with Crippen LogP contribution in [0.4, 0.5) is 11.4 Å². The van der Waals surface area contributed by atoms with Gasteiger partial charge in [0.1, 0.15) is 11.5 Å². The van der Waals surface area contributed by atoms with Crippen LogP contribution >= 0.6 is 0 Å². The molecule has 0 fully saturated rings. The second-order valence-electron chi connectivity index (χ2n) is 5.87. The van der Waals surface area contributed by atoms with Crippen LogP contribution < -0.4 is 14.3 Å². The summed E-state index contributed by atoms with van der Waals surface area (Å²) < 4.78 is 31.7. The summed E-state index contributed by atoms with van der Waals surface area (Å²) in [5, 5.41) is 18.3. The number of ether oxygens (including phenoxy) is 1. The molecule has 0 saturated carbocycles. The maximum absolute atomic E-state index is 12.7. The average molecular weight is 399 g/mol. The quantitative estimate of drug-likeness (QED) is 0.639. The number of rotatable bonds is 4. The molecule has 0 spiro atoms. The number of carbonyl (C=O) groups is 1. The number of para-hydroxylation sites is 1. The van der Waals surface area contributed by atoms with Gasteiger partial charge in [-0.15, -0.1) is 0 Å². The van der Waals surface area contributed by atoms with Crippen LogP contribution in [0, 0.1) is 5.21 Å². The Kier molecular flexibility index (Phi) is 4.32. The molecule has 2 N–H and O–H groups in total. The molecule has 0 radical (unpaired) electrons. The fourth-order valence-corrected chi connectivity index (χ4v) is 4.26. The molecule has 10 heteroatoms. The van der Waals surface area contributed by atoms with E-state index in [1.165, 1.54) is 24.3 Å². The number of amides is 1. The summed E-state index contributed by atoms with van der Waals surface area (Å²) in [6.45, 7) is 0. The number of anilines is 1. The van der Waals surface area contributed by atoms with E-state index in [1.807, 2.05) is 18.2 Å². The van der Waals surface area contributed by atoms with Crippen LogP contribution in [0.1, 0.15) is 10.4 Å². The minimum absolute atomic E-state index is 0.0975. The lowest BCUT2D eigenvalue weighted by atomic mass is 10.2. The molecule has 1 aliphatic rings. The van der Waals surface area contributed by atoms with Crippen LogP contribution in [-0.2, 0) is 10.0 Å². The van der Waals surface area contributed by atoms with E-state index in [2.05, 4.69) is 4.98 Å². The fraction of sp³-hybridized carbons (Fsp3) is 0. The molecular weight excluding hydrogens is 386 g/mol. The number of fused-ring (bicyclic) bond motifs is 1. The van der Waals surface area contributed by atoms with E-state index in [0.717, 1.165) is 12.3 Å². The van der Waals surface area contributed by atoms with Crippen LogP contribution in [0.3, 0.4) is 0 Å². The van der Waals surface area contributed by atoms with Crippen LogP contribution in [-0.4, -0.2) is 24.5 Å². The molecule has 28 heavy (non-hydrogen) atoms. The van der Waals surface area contributed by atoms with Gasteiger partial charge in [0.15, 0.2) is 10.7 Å². The number of hydrogen-bond donors (Lipinski definition) is 2. The van der Waals surface area contributed by atoms with Gasteiger partial charge in [0.25, 0.3) is 15.9 Å². The van der Waals surface area contributed by atoms with Crippen molar-refractivity contribution in [2.45, 2.75) is 5.03 Å². The van der Waals surface area contributed by atoms with Crippen molar-refractivity contribution in [1.29, 1.82) is 0 Å². The van der Waals surface area contributed by atoms with Crippen molar-refractivity contribution in [3.8, 4) is 11.5 Å². The third-order valence-electron chi connectivity index (χ3n) is 4.05. The standard InChI is InChI=1S/C18H13N3O6S/c22-18-16-10-13(21(23)24)11-19-17(16)28(25,26)20(18)12-6-8-15(9-7-12)27-14-4-2-1-3-5-14/h1-11,21,23H. The highest BCUT2D eigenvalue weighted by atomic mass is 32.2. The van der Waals surface area contributed by atoms with E-state index in [-0.39, 0.29) is 16.9 Å². The maximum Gasteiger partial charge on any atom is 0.289 e. The van der Waals surface area contributed by atoms with Gasteiger partial charge in [0.2, 0.25) is 0 Å². The van der Waals surface area contributed by atoms with Gasteiger partial charge < -0.3 is 9.94 Å². The number of aromatic nitrogens is 1. The summed E-state index contributed by atoms with van der Waals surface area (Å²) in [5.74, 6) is 0.211. The number of nitrogens with one attached hydrogen (secondary N) is 1. The molecule has 0 saturated heterocycles. The molecule has 3 aromatic rings. The third kappa shape index (κ3) is 3.00. The van der Waals surface area contributed by atoms with Gasteiger partial charge in [0, 0.05) is 6.07 Å². The summed E-state index contributed by atoms with van der Waals surface area (Å²) in [6.07, 6.45) is 0.909. The number of quaternary nitrogens is 1. The van der Waals surface area contributed by atoms with E-state index in [0.29, 0.717) is 15.8 Å². The van der Waals surface area contributed by atoms with Gasteiger partial charge in [0.05, 0.1) is 17.4 Å². The van der Waals surface area contributed by atoms with Crippen molar-refractivity contribution in [3.63, 3.8) is 0 Å². The van der Waals surface area contributed by atoms with Gasteiger partial charge in [-0.3, -0.25) is 4.79 Å². The second kappa shape index (κ2) is 6.69. The van der Waals surface area contributed by atoms with Crippen LogP contribution in [0.2, 0.25) is 0 Å². The van der Waals surface area contributed by atoms with Crippen LogP contribution in [0.5, 0.6) is 11.5 Å². The lowest BCUT2D eigenvalue weighted by Gasteiger charge is -2.15. The molecule has 2 aromatic carbocycles. The number of benzene rings is 2. The average Bonchev–Trinajstić information content (AvgIpc) is 2.89. The predicted molar refractivity (Wildman–Crippen MR) is 97.0 cm³/mol. The maximum atomic E-state index is 12.7. The first-order valence-electron chi connectivity index (χ1n) is 8.04. The first-order valence-corrected chi connectivity index (χ1v) is 9.48. The Morgan fingerprint density at radius 2 is 1.68 bits per heavy atom. The Labute approximate surface area is 159 Å². The monoisotopic (exact) mass is 399 g/mol. The zero-order valence-electron chi connectivity index (χ0n) is 14.1. The minimum Gasteiger partial charge on any atom is -0.595 e. The Hall–Kier alpha value is -3.31. The number of sulfonamides is 1. The lowest BCUT2D eigenvalue weighted by molar-refractivity contribution is -0.991. The summed E-state index contributed by atoms with van der Waals surface area (Å²) >= 11 is 0. The molecule has 9 nitrogen and oxygen atoms in total. The predicted octanol–water partition coefficient (Wildman–Crippen LogP) is 1.63. The molecule has 1 atom stereocenters. The van der Waals surface area contributed by atoms with E-state index in [4.69, 9.17) is 9.94 Å². The topological polar surface area (TPSA) is 124 Å². The SMILES string of the molecule is O=C1c2cc([NH+]([O-])O)cnc2S(=O)(=O)N1c1ccc(Oc2ccccc2)cc1. The number of nitrogens with zero attached hydrogens (tertiary/aromatic N) is 2. The minimum atomic E-state index is -4.22. The molecule has 1 amide bonds. The van der Waals surface area contributed by atoms with Crippen LogP contribution in [0.15, 0.2) is 71.9 Å². The highest BCUT2D eigenvalue weighted by Gasteiger charge is 2.44. The fourth-order valence-electron chi connectivity index (χ4n) is 2.76. The number of carbonyl (C=O) groups excluding carboxylic acids is 1. The van der Waals surface area contributed by atoms with E-state index < -0.39 is 26.2 Å². The lowest BCUT2D eigenvalue weighted by Crippen LogP contribution is -2.99. The summed E-state index contributed by atoms with van der Waals surface area (Å²) in [4.78, 5) is 16.3. The van der Waals surface area contributed by atoms with E-state index >= 15 is 0 Å². The molecule has 0 aliphatic carbocycles. The highest BCUT2D eigenvalue weighted by Crippen LogP contribution is 2.35. The van der Waals surface area contributed by atoms with Crippen molar-refractivity contribution in [3.05, 3.63) is 77.6 Å². The Balaban J connectivity index is 1.66. The van der Waals surface area contributed by atoms with Gasteiger partial charge >= 0.3 is 0 Å². The molecule has 1 unspecified atom stereocenters. The zero-order chi connectivity index (χ0) is 19.9. The molecule has 4 rings (SSSR count). The summed E-state index contributed by atoms with van der Waals surface area (Å²) in [7, 11) is -4.22. The van der Waals surface area contributed by atoms with Gasteiger partial charge in [-0.05, 0) is 36.4 Å². The molecule has 1 aliphatic heterocycles. The number of pyridine rings is 1. The first-order chi connectivity index (χ1) is 13.4. The molecular formula is C18H13N3O6S. The Morgan fingerprint density at radius 3 is 2.32 bits per heavy atom. The summed E-state index contributed by atoms with van der Waals surface area (Å²) in [5.41, 5.74) is -0.444. The van der Waals surface area contributed by atoms with Crippen molar-refractivity contribution in [2.24, 2.45) is 0 Å². The molecule has 0 bridgehead atoms. The van der Waals surface area contributed by atoms with E-state index in [9.17, 15) is 18.4 Å². The Morgan fingerprint density at radius 1 is 1.04 bits per heavy atom. The van der Waals surface area contributed by atoms with Gasteiger partial charge in [-0.25, -0.2) is 10.2 Å². The second-order valence-corrected chi connectivity index (χ2v) is 7.57. The van der Waals surface area contributed by atoms with Crippen molar-refractivity contribution in [2.75, 3.05) is 4.31 Å². The third-order valence-corrected chi connectivity index (χ3v) is 5.72. The zero-order valence-corrected chi connectivity index (χ0v) is 15.0. The van der Waals surface area contributed by atoms with Crippen molar-refractivity contribution >= 4 is 27.3 Å². The van der Waals surface area contributed by atoms with E-state index in [1.54, 1.807) is 12.1 Å². The summed E-state index contributed by atoms with van der Waals surface area (Å²) in [6, 6.07) is 15.9. The Bertz CT molecular complexity index is 1150.